The summed E-state index contributed by atoms with van der Waals surface area (Å²) in [7, 11) is 0. The number of para-hydroxylation sites is 3. The minimum atomic E-state index is -0.728. The Morgan fingerprint density at radius 1 is 0.323 bits per heavy atom. The van der Waals surface area contributed by atoms with Crippen LogP contribution in [0.1, 0.15) is 22.3 Å². The van der Waals surface area contributed by atoms with E-state index in [9.17, 15) is 0 Å². The molecule has 5 heteroatoms. The van der Waals surface area contributed by atoms with Crippen molar-refractivity contribution in [3.8, 4) is 67.9 Å². The summed E-state index contributed by atoms with van der Waals surface area (Å²) in [5.74, 6) is 3.45. The first-order valence-corrected chi connectivity index (χ1v) is 22.0. The van der Waals surface area contributed by atoms with Crippen LogP contribution in [0.4, 0.5) is 0 Å². The average molecular weight is 830 g/mol. The van der Waals surface area contributed by atoms with E-state index in [1.54, 1.807) is 0 Å². The summed E-state index contributed by atoms with van der Waals surface area (Å²) < 4.78 is 13.1. The van der Waals surface area contributed by atoms with Crippen LogP contribution in [0, 0.1) is 0 Å². The molecule has 302 valence electrons. The summed E-state index contributed by atoms with van der Waals surface area (Å²) in [6, 6.07) is 75.1. The van der Waals surface area contributed by atoms with E-state index in [0.717, 1.165) is 77.9 Å². The van der Waals surface area contributed by atoms with E-state index in [1.807, 2.05) is 48.5 Å². The van der Waals surface area contributed by atoms with Gasteiger partial charge in [0.1, 0.15) is 22.7 Å². The number of furan rings is 1. The lowest BCUT2D eigenvalue weighted by Gasteiger charge is -2.39. The molecule has 14 rings (SSSR count). The maximum absolute atomic E-state index is 6.78. The lowest BCUT2D eigenvalue weighted by molar-refractivity contribution is 0.436. The summed E-state index contributed by atoms with van der Waals surface area (Å²) in [6.07, 6.45) is 0. The molecule has 3 heterocycles. The van der Waals surface area contributed by atoms with Crippen molar-refractivity contribution in [2.24, 2.45) is 0 Å². The minimum absolute atomic E-state index is 0.582. The Balaban J connectivity index is 1.04. The molecule has 2 aromatic heterocycles. The highest BCUT2D eigenvalue weighted by atomic mass is 16.5. The number of benzene rings is 10. The molecule has 0 bridgehead atoms. The average Bonchev–Trinajstić information content (AvgIpc) is 3.90. The second-order valence-electron chi connectivity index (χ2n) is 17.0. The van der Waals surface area contributed by atoms with Gasteiger partial charge >= 0.3 is 0 Å². The molecule has 0 saturated carbocycles. The lowest BCUT2D eigenvalue weighted by atomic mass is 9.65. The molecule has 1 spiro atoms. The van der Waals surface area contributed by atoms with Gasteiger partial charge in [0.05, 0.1) is 5.41 Å². The number of fused-ring (bicyclic) bond motifs is 15. The molecule has 65 heavy (non-hydrogen) atoms. The van der Waals surface area contributed by atoms with Crippen molar-refractivity contribution in [1.82, 2.24) is 15.0 Å². The molecule has 0 radical (unpaired) electrons. The lowest BCUT2D eigenvalue weighted by Crippen LogP contribution is -2.32. The van der Waals surface area contributed by atoms with Crippen LogP contribution in [0.5, 0.6) is 11.5 Å². The van der Waals surface area contributed by atoms with Crippen molar-refractivity contribution in [1.29, 1.82) is 0 Å². The fourth-order valence-corrected chi connectivity index (χ4v) is 10.8. The second-order valence-corrected chi connectivity index (χ2v) is 17.0. The minimum Gasteiger partial charge on any atom is -0.457 e. The van der Waals surface area contributed by atoms with Gasteiger partial charge in [0.25, 0.3) is 0 Å². The monoisotopic (exact) mass is 829 g/mol. The summed E-state index contributed by atoms with van der Waals surface area (Å²) in [5, 5.41) is 6.94. The highest BCUT2D eigenvalue weighted by Crippen LogP contribution is 2.63. The third-order valence-corrected chi connectivity index (χ3v) is 13.6. The standard InChI is InChI=1S/C60H35N3O2/c1-2-15-36(16-3-1)57-61-58(63-59(62-57)46-22-14-28-55-56(46)45-21-8-11-25-52(45)64-55)39-30-32-44-43-31-29-38(47-33-37-17-4-5-18-40(37)41-19-6-7-20-42(41)47)34-50(43)60(51(44)35-39)48-23-9-12-26-53(48)65-54-27-13-10-24-49(54)60/h1-35H. The first kappa shape index (κ1) is 35.9. The topological polar surface area (TPSA) is 61.0 Å². The molecule has 12 aromatic rings. The van der Waals surface area contributed by atoms with Crippen LogP contribution in [-0.4, -0.2) is 15.0 Å². The zero-order valence-corrected chi connectivity index (χ0v) is 34.9. The highest BCUT2D eigenvalue weighted by molar-refractivity contribution is 6.14. The number of ether oxygens (including phenoxy) is 1. The molecule has 0 unspecified atom stereocenters. The maximum atomic E-state index is 6.78. The van der Waals surface area contributed by atoms with Gasteiger partial charge in [-0.2, -0.15) is 0 Å². The zero-order chi connectivity index (χ0) is 42.6. The van der Waals surface area contributed by atoms with Crippen molar-refractivity contribution in [2.75, 3.05) is 0 Å². The van der Waals surface area contributed by atoms with E-state index in [0.29, 0.717) is 17.5 Å². The molecular formula is C60H35N3O2. The molecule has 0 N–H and O–H groups in total. The van der Waals surface area contributed by atoms with E-state index < -0.39 is 5.41 Å². The largest absolute Gasteiger partial charge is 0.457 e. The molecule has 1 aliphatic carbocycles. The van der Waals surface area contributed by atoms with E-state index >= 15 is 0 Å². The first-order valence-electron chi connectivity index (χ1n) is 22.0. The van der Waals surface area contributed by atoms with Gasteiger partial charge in [-0.1, -0.05) is 170 Å². The highest BCUT2D eigenvalue weighted by Gasteiger charge is 2.51. The number of rotatable bonds is 4. The summed E-state index contributed by atoms with van der Waals surface area (Å²) >= 11 is 0. The van der Waals surface area contributed by atoms with Crippen LogP contribution in [0.2, 0.25) is 0 Å². The Bertz CT molecular complexity index is 3900. The molecule has 1 aliphatic heterocycles. The predicted molar refractivity (Wildman–Crippen MR) is 261 cm³/mol. The maximum Gasteiger partial charge on any atom is 0.164 e. The van der Waals surface area contributed by atoms with Crippen LogP contribution in [0.25, 0.3) is 99.9 Å². The Kier molecular flexibility index (Phi) is 7.54. The van der Waals surface area contributed by atoms with E-state index in [-0.39, 0.29) is 0 Å². The van der Waals surface area contributed by atoms with Crippen molar-refractivity contribution >= 4 is 43.5 Å². The van der Waals surface area contributed by atoms with Crippen LogP contribution in [0.15, 0.2) is 217 Å². The fraction of sp³-hybridized carbons (Fsp3) is 0.0167. The van der Waals surface area contributed by atoms with Crippen LogP contribution in [0.3, 0.4) is 0 Å². The van der Waals surface area contributed by atoms with Gasteiger partial charge in [-0.05, 0) is 97.4 Å². The number of hydrogen-bond donors (Lipinski definition) is 0. The van der Waals surface area contributed by atoms with Gasteiger partial charge < -0.3 is 9.15 Å². The Morgan fingerprint density at radius 2 is 0.892 bits per heavy atom. The van der Waals surface area contributed by atoms with Crippen LogP contribution < -0.4 is 4.74 Å². The quantitative estimate of drug-likeness (QED) is 0.165. The number of aromatic nitrogens is 3. The predicted octanol–water partition coefficient (Wildman–Crippen LogP) is 15.2. The third kappa shape index (κ3) is 5.18. The summed E-state index contributed by atoms with van der Waals surface area (Å²) in [6.45, 7) is 0. The normalized spacial score (nSPS) is 13.2. The zero-order valence-electron chi connectivity index (χ0n) is 34.9. The molecule has 5 nitrogen and oxygen atoms in total. The Morgan fingerprint density at radius 3 is 1.66 bits per heavy atom. The Hall–Kier alpha value is -8.67. The summed E-state index contributed by atoms with van der Waals surface area (Å²) in [5.41, 5.74) is 12.8. The molecule has 0 fully saturated rings. The van der Waals surface area contributed by atoms with Crippen molar-refractivity contribution in [3.63, 3.8) is 0 Å². The SMILES string of the molecule is c1ccc(-c2nc(-c3ccc4c(c3)C3(c5ccccc5Oc5ccccc53)c3cc(-c5cc6ccccc6c6ccccc56)ccc3-4)nc(-c3cccc4oc5ccccc5c34)n2)cc1. The number of hydrogen-bond acceptors (Lipinski definition) is 5. The Labute approximate surface area is 373 Å². The molecular weight excluding hydrogens is 795 g/mol. The number of nitrogens with zero attached hydrogens (tertiary/aromatic N) is 3. The van der Waals surface area contributed by atoms with Gasteiger partial charge in [-0.3, -0.25) is 0 Å². The fourth-order valence-electron chi connectivity index (χ4n) is 10.8. The third-order valence-electron chi connectivity index (χ3n) is 13.6. The van der Waals surface area contributed by atoms with Gasteiger partial charge in [-0.25, -0.2) is 15.0 Å². The molecule has 10 aromatic carbocycles. The molecule has 2 aliphatic rings. The van der Waals surface area contributed by atoms with Gasteiger partial charge in [-0.15, -0.1) is 0 Å². The van der Waals surface area contributed by atoms with Crippen molar-refractivity contribution < 1.29 is 9.15 Å². The summed E-state index contributed by atoms with van der Waals surface area (Å²) in [4.78, 5) is 15.8. The first-order chi connectivity index (χ1) is 32.2. The molecule has 0 amide bonds. The van der Waals surface area contributed by atoms with Crippen LogP contribution in [-0.2, 0) is 5.41 Å². The van der Waals surface area contributed by atoms with Crippen molar-refractivity contribution in [3.05, 3.63) is 235 Å². The molecule has 0 saturated heterocycles. The van der Waals surface area contributed by atoms with Crippen molar-refractivity contribution in [2.45, 2.75) is 5.41 Å². The van der Waals surface area contributed by atoms with Crippen LogP contribution >= 0.6 is 0 Å². The van der Waals surface area contributed by atoms with Gasteiger partial charge in [0, 0.05) is 38.6 Å². The van der Waals surface area contributed by atoms with E-state index in [2.05, 4.69) is 164 Å². The van der Waals surface area contributed by atoms with Gasteiger partial charge in [0.15, 0.2) is 17.5 Å². The smallest absolute Gasteiger partial charge is 0.164 e. The van der Waals surface area contributed by atoms with E-state index in [1.165, 1.54) is 38.2 Å². The second kappa shape index (κ2) is 13.7. The van der Waals surface area contributed by atoms with E-state index in [4.69, 9.17) is 24.1 Å². The molecule has 0 atom stereocenters. The van der Waals surface area contributed by atoms with Gasteiger partial charge in [0.2, 0.25) is 0 Å².